The van der Waals surface area contributed by atoms with E-state index in [9.17, 15) is 0 Å². The van der Waals surface area contributed by atoms with Gasteiger partial charge in [-0.25, -0.2) is 0 Å². The Morgan fingerprint density at radius 1 is 0.145 bits per heavy atom. The standard InChI is InChI=1S/C66H49N3/c1-6-18-56(19-7-1)65-28-16-17-29-66(65)69(64-48-40-55(41-49-64)54-36-44-62(45-37-54)68(59-24-12-4-13-25-59)60-26-14-5-15-27-60)63-46-38-53(39-47-63)51-32-30-50(31-33-51)52-34-42-61(43-35-52)67(57-20-8-2-9-21-57)58-22-10-3-11-23-58/h1-49H. The quantitative estimate of drug-likeness (QED) is 0.114. The molecule has 0 aliphatic rings. The lowest BCUT2D eigenvalue weighted by Gasteiger charge is -2.28. The fourth-order valence-corrected chi connectivity index (χ4v) is 9.23. The Balaban J connectivity index is 0.871. The molecule has 0 unspecified atom stereocenters. The van der Waals surface area contributed by atoms with Gasteiger partial charge in [-0.3, -0.25) is 0 Å². The summed E-state index contributed by atoms with van der Waals surface area (Å²) in [5.41, 5.74) is 19.3. The third-order valence-corrected chi connectivity index (χ3v) is 12.7. The Bertz CT molecular complexity index is 3280. The molecule has 328 valence electrons. The van der Waals surface area contributed by atoms with Gasteiger partial charge in [-0.05, 0) is 142 Å². The largest absolute Gasteiger partial charge is 0.311 e. The first kappa shape index (κ1) is 42.5. The van der Waals surface area contributed by atoms with Gasteiger partial charge in [-0.15, -0.1) is 0 Å². The first-order chi connectivity index (χ1) is 34.2. The molecule has 0 spiro atoms. The zero-order chi connectivity index (χ0) is 46.2. The molecule has 11 rings (SSSR count). The van der Waals surface area contributed by atoms with Crippen molar-refractivity contribution in [3.8, 4) is 44.5 Å². The fraction of sp³-hybridized carbons (Fsp3) is 0. The van der Waals surface area contributed by atoms with Gasteiger partial charge >= 0.3 is 0 Å². The fourth-order valence-electron chi connectivity index (χ4n) is 9.23. The summed E-state index contributed by atoms with van der Waals surface area (Å²) >= 11 is 0. The molecule has 0 radical (unpaired) electrons. The summed E-state index contributed by atoms with van der Waals surface area (Å²) < 4.78 is 0. The molecule has 0 saturated heterocycles. The minimum atomic E-state index is 1.08. The summed E-state index contributed by atoms with van der Waals surface area (Å²) in [7, 11) is 0. The van der Waals surface area contributed by atoms with Crippen LogP contribution in [0.15, 0.2) is 297 Å². The Labute approximate surface area is 405 Å². The maximum absolute atomic E-state index is 2.38. The van der Waals surface area contributed by atoms with Crippen molar-refractivity contribution in [2.24, 2.45) is 0 Å². The van der Waals surface area contributed by atoms with Crippen molar-refractivity contribution in [3.63, 3.8) is 0 Å². The predicted octanol–water partition coefficient (Wildman–Crippen LogP) is 18.8. The molecular formula is C66H49N3. The summed E-state index contributed by atoms with van der Waals surface area (Å²) in [6.45, 7) is 0. The second-order valence-electron chi connectivity index (χ2n) is 17.0. The van der Waals surface area contributed by atoms with E-state index >= 15 is 0 Å². The van der Waals surface area contributed by atoms with Crippen LogP contribution in [0.25, 0.3) is 44.5 Å². The molecule has 3 heteroatoms. The highest BCUT2D eigenvalue weighted by molar-refractivity contribution is 5.89. The molecule has 0 aromatic heterocycles. The van der Waals surface area contributed by atoms with E-state index in [1.165, 1.54) is 27.8 Å². The molecule has 0 atom stereocenters. The van der Waals surface area contributed by atoms with Crippen LogP contribution in [0, 0.1) is 0 Å². The lowest BCUT2D eigenvalue weighted by molar-refractivity contribution is 1.28. The van der Waals surface area contributed by atoms with E-state index in [-0.39, 0.29) is 0 Å². The second-order valence-corrected chi connectivity index (χ2v) is 17.0. The molecule has 0 bridgehead atoms. The summed E-state index contributed by atoms with van der Waals surface area (Å²) in [5, 5.41) is 0. The topological polar surface area (TPSA) is 9.72 Å². The second kappa shape index (κ2) is 19.7. The maximum atomic E-state index is 2.38. The monoisotopic (exact) mass is 883 g/mol. The van der Waals surface area contributed by atoms with Gasteiger partial charge in [-0.2, -0.15) is 0 Å². The number of nitrogens with zero attached hydrogens (tertiary/aromatic N) is 3. The molecule has 0 amide bonds. The Morgan fingerprint density at radius 2 is 0.362 bits per heavy atom. The molecular weight excluding hydrogens is 835 g/mol. The highest BCUT2D eigenvalue weighted by Gasteiger charge is 2.19. The van der Waals surface area contributed by atoms with E-state index in [1.54, 1.807) is 0 Å². The Hall–Kier alpha value is -9.18. The van der Waals surface area contributed by atoms with Crippen LogP contribution in [0.5, 0.6) is 0 Å². The molecule has 0 N–H and O–H groups in total. The lowest BCUT2D eigenvalue weighted by Crippen LogP contribution is -2.11. The number of anilines is 9. The molecule has 0 saturated carbocycles. The van der Waals surface area contributed by atoms with Crippen molar-refractivity contribution in [1.82, 2.24) is 0 Å². The minimum absolute atomic E-state index is 1.08. The van der Waals surface area contributed by atoms with Crippen molar-refractivity contribution in [3.05, 3.63) is 297 Å². The zero-order valence-electron chi connectivity index (χ0n) is 38.1. The van der Waals surface area contributed by atoms with Gasteiger partial charge in [0.15, 0.2) is 0 Å². The predicted molar refractivity (Wildman–Crippen MR) is 292 cm³/mol. The van der Waals surface area contributed by atoms with Gasteiger partial charge in [0.1, 0.15) is 0 Å². The van der Waals surface area contributed by atoms with Crippen LogP contribution in [0.2, 0.25) is 0 Å². The van der Waals surface area contributed by atoms with Crippen LogP contribution in [0.1, 0.15) is 0 Å². The molecule has 3 nitrogen and oxygen atoms in total. The summed E-state index contributed by atoms with van der Waals surface area (Å²) in [4.78, 5) is 6.96. The number of hydrogen-bond acceptors (Lipinski definition) is 3. The Kier molecular flexibility index (Phi) is 12.1. The van der Waals surface area contributed by atoms with Gasteiger partial charge in [0.2, 0.25) is 0 Å². The molecule has 0 aliphatic carbocycles. The molecule has 11 aromatic carbocycles. The maximum Gasteiger partial charge on any atom is 0.0540 e. The Morgan fingerprint density at radius 3 is 0.667 bits per heavy atom. The average Bonchev–Trinajstić information content (AvgIpc) is 3.44. The molecule has 69 heavy (non-hydrogen) atoms. The zero-order valence-corrected chi connectivity index (χ0v) is 38.1. The van der Waals surface area contributed by atoms with E-state index in [1.807, 2.05) is 0 Å². The summed E-state index contributed by atoms with van der Waals surface area (Å²) in [5.74, 6) is 0. The number of rotatable bonds is 13. The summed E-state index contributed by atoms with van der Waals surface area (Å²) in [6.07, 6.45) is 0. The van der Waals surface area contributed by atoms with Crippen molar-refractivity contribution in [2.75, 3.05) is 14.7 Å². The first-order valence-electron chi connectivity index (χ1n) is 23.5. The van der Waals surface area contributed by atoms with Crippen LogP contribution in [-0.2, 0) is 0 Å². The van der Waals surface area contributed by atoms with Crippen LogP contribution < -0.4 is 14.7 Å². The van der Waals surface area contributed by atoms with Crippen molar-refractivity contribution in [2.45, 2.75) is 0 Å². The van der Waals surface area contributed by atoms with E-state index in [0.29, 0.717) is 0 Å². The number of benzene rings is 11. The first-order valence-corrected chi connectivity index (χ1v) is 23.5. The van der Waals surface area contributed by atoms with Gasteiger partial charge in [0.25, 0.3) is 0 Å². The SMILES string of the molecule is c1ccc(-c2ccccc2N(c2ccc(-c3ccc(-c4ccc(N(c5ccccc5)c5ccccc5)cc4)cc3)cc2)c2ccc(-c3ccc(N(c4ccccc4)c4ccccc4)cc3)cc2)cc1. The van der Waals surface area contributed by atoms with Crippen LogP contribution in [-0.4, -0.2) is 0 Å². The molecule has 11 aromatic rings. The van der Waals surface area contributed by atoms with E-state index < -0.39 is 0 Å². The highest BCUT2D eigenvalue weighted by atomic mass is 15.2. The van der Waals surface area contributed by atoms with Crippen molar-refractivity contribution >= 4 is 51.2 Å². The molecule has 0 aliphatic heterocycles. The van der Waals surface area contributed by atoms with E-state index in [0.717, 1.165) is 67.9 Å². The van der Waals surface area contributed by atoms with Crippen LogP contribution >= 0.6 is 0 Å². The van der Waals surface area contributed by atoms with Gasteiger partial charge in [0.05, 0.1) is 5.69 Å². The lowest BCUT2D eigenvalue weighted by atomic mass is 9.99. The van der Waals surface area contributed by atoms with Crippen molar-refractivity contribution < 1.29 is 0 Å². The van der Waals surface area contributed by atoms with Gasteiger partial charge in [0, 0.05) is 51.1 Å². The normalized spacial score (nSPS) is 10.9. The smallest absolute Gasteiger partial charge is 0.0540 e. The number of hydrogen-bond donors (Lipinski definition) is 0. The third-order valence-electron chi connectivity index (χ3n) is 12.7. The third kappa shape index (κ3) is 9.18. The molecule has 0 fully saturated rings. The van der Waals surface area contributed by atoms with E-state index in [4.69, 9.17) is 0 Å². The average molecular weight is 884 g/mol. The van der Waals surface area contributed by atoms with Crippen LogP contribution in [0.4, 0.5) is 51.2 Å². The van der Waals surface area contributed by atoms with E-state index in [2.05, 4.69) is 312 Å². The minimum Gasteiger partial charge on any atom is -0.311 e. The van der Waals surface area contributed by atoms with Gasteiger partial charge < -0.3 is 14.7 Å². The number of para-hydroxylation sites is 5. The van der Waals surface area contributed by atoms with Crippen LogP contribution in [0.3, 0.4) is 0 Å². The van der Waals surface area contributed by atoms with Gasteiger partial charge in [-0.1, -0.05) is 194 Å². The highest BCUT2D eigenvalue weighted by Crippen LogP contribution is 2.43. The summed E-state index contributed by atoms with van der Waals surface area (Å²) in [6, 6.07) is 106. The van der Waals surface area contributed by atoms with Crippen molar-refractivity contribution in [1.29, 1.82) is 0 Å². The molecule has 0 heterocycles.